The second kappa shape index (κ2) is 9.52. The smallest absolute Gasteiger partial charge is 0.410 e. The first kappa shape index (κ1) is 23.5. The average Bonchev–Trinajstić information content (AvgIpc) is 3.28. The molecular formula is C28H25ClN4O4. The van der Waals surface area contributed by atoms with Crippen molar-refractivity contribution in [1.82, 2.24) is 19.4 Å². The summed E-state index contributed by atoms with van der Waals surface area (Å²) < 4.78 is 13.4. The number of nitrogens with zero attached hydrogens (tertiary/aromatic N) is 4. The summed E-state index contributed by atoms with van der Waals surface area (Å²) >= 11 is 6.03. The van der Waals surface area contributed by atoms with Crippen molar-refractivity contribution in [2.45, 2.75) is 38.5 Å². The van der Waals surface area contributed by atoms with Crippen LogP contribution in [-0.2, 0) is 11.3 Å². The van der Waals surface area contributed by atoms with Crippen LogP contribution in [0, 0.1) is 6.92 Å². The molecule has 2 aromatic heterocycles. The topological polar surface area (TPSA) is 86.6 Å². The largest absolute Gasteiger partial charge is 0.490 e. The summed E-state index contributed by atoms with van der Waals surface area (Å²) in [5, 5.41) is 1.13. The van der Waals surface area contributed by atoms with E-state index in [2.05, 4.69) is 4.98 Å². The standard InChI is InChI=1S/C28H25ClN4O4/c1-17-31-25-12-23(19-3-2-9-30-14-19)26(37-22-8-10-32-21(11-22)16-36-28(32)35)13-24(25)27(34)33(17)15-18-4-6-20(29)7-5-18/h2-7,9,12-14,21-22H,8,10-11,15-16H2,1H3/t21-,22-/m0/s1. The van der Waals surface area contributed by atoms with Crippen molar-refractivity contribution >= 4 is 28.6 Å². The fourth-order valence-electron chi connectivity index (χ4n) is 5.11. The van der Waals surface area contributed by atoms with Gasteiger partial charge in [-0.15, -0.1) is 0 Å². The molecule has 0 unspecified atom stereocenters. The maximum absolute atomic E-state index is 13.7. The predicted molar refractivity (Wildman–Crippen MR) is 140 cm³/mol. The zero-order chi connectivity index (χ0) is 25.5. The Morgan fingerprint density at radius 2 is 2.00 bits per heavy atom. The van der Waals surface area contributed by atoms with Crippen LogP contribution >= 0.6 is 11.6 Å². The van der Waals surface area contributed by atoms with Crippen molar-refractivity contribution in [1.29, 1.82) is 0 Å². The number of halogens is 1. The van der Waals surface area contributed by atoms with Crippen molar-refractivity contribution in [3.63, 3.8) is 0 Å². The Balaban J connectivity index is 1.41. The normalized spacial score (nSPS) is 19.1. The Labute approximate surface area is 218 Å². The Morgan fingerprint density at radius 1 is 1.16 bits per heavy atom. The lowest BCUT2D eigenvalue weighted by Crippen LogP contribution is -2.44. The Hall–Kier alpha value is -3.91. The summed E-state index contributed by atoms with van der Waals surface area (Å²) in [7, 11) is 0. The maximum Gasteiger partial charge on any atom is 0.410 e. The van der Waals surface area contributed by atoms with Crippen LogP contribution in [0.25, 0.3) is 22.0 Å². The molecular weight excluding hydrogens is 492 g/mol. The van der Waals surface area contributed by atoms with Gasteiger partial charge >= 0.3 is 6.09 Å². The van der Waals surface area contributed by atoms with E-state index in [1.54, 1.807) is 27.9 Å². The van der Waals surface area contributed by atoms with Crippen molar-refractivity contribution in [2.75, 3.05) is 13.2 Å². The second-order valence-corrected chi connectivity index (χ2v) is 9.91. The molecule has 0 aliphatic carbocycles. The average molecular weight is 517 g/mol. The molecule has 37 heavy (non-hydrogen) atoms. The van der Waals surface area contributed by atoms with Gasteiger partial charge in [0.1, 0.15) is 24.3 Å². The number of hydrogen-bond donors (Lipinski definition) is 0. The van der Waals surface area contributed by atoms with Gasteiger partial charge in [0.25, 0.3) is 5.56 Å². The fraction of sp³-hybridized carbons (Fsp3) is 0.286. The molecule has 4 heterocycles. The summed E-state index contributed by atoms with van der Waals surface area (Å²) in [5.41, 5.74) is 3.12. The van der Waals surface area contributed by atoms with E-state index >= 15 is 0 Å². The molecule has 1 amide bonds. The number of amides is 1. The van der Waals surface area contributed by atoms with Gasteiger partial charge in [-0.3, -0.25) is 14.3 Å². The number of aryl methyl sites for hydroxylation is 1. The quantitative estimate of drug-likeness (QED) is 0.377. The summed E-state index contributed by atoms with van der Waals surface area (Å²) in [6.07, 6.45) is 4.47. The minimum atomic E-state index is -0.257. The summed E-state index contributed by atoms with van der Waals surface area (Å²) in [4.78, 5) is 36.4. The molecule has 4 aromatic rings. The number of rotatable bonds is 5. The van der Waals surface area contributed by atoms with E-state index in [-0.39, 0.29) is 23.8 Å². The number of ether oxygens (including phenoxy) is 2. The molecule has 6 rings (SSSR count). The third-order valence-electron chi connectivity index (χ3n) is 7.07. The third-order valence-corrected chi connectivity index (χ3v) is 7.32. The summed E-state index contributed by atoms with van der Waals surface area (Å²) in [6.45, 7) is 3.19. The molecule has 0 radical (unpaired) electrons. The van der Waals surface area contributed by atoms with Crippen molar-refractivity contribution in [3.05, 3.63) is 87.7 Å². The second-order valence-electron chi connectivity index (χ2n) is 9.47. The lowest BCUT2D eigenvalue weighted by atomic mass is 10.00. The van der Waals surface area contributed by atoms with Crippen LogP contribution in [0.5, 0.6) is 5.75 Å². The number of aromatic nitrogens is 3. The summed E-state index contributed by atoms with van der Waals surface area (Å²) in [6, 6.07) is 15.0. The van der Waals surface area contributed by atoms with Crippen molar-refractivity contribution < 1.29 is 14.3 Å². The van der Waals surface area contributed by atoms with Crippen LogP contribution in [0.4, 0.5) is 4.79 Å². The highest BCUT2D eigenvalue weighted by atomic mass is 35.5. The first-order valence-electron chi connectivity index (χ1n) is 12.3. The van der Waals surface area contributed by atoms with Crippen LogP contribution in [0.2, 0.25) is 5.02 Å². The van der Waals surface area contributed by atoms with Crippen LogP contribution in [0.15, 0.2) is 65.7 Å². The lowest BCUT2D eigenvalue weighted by Gasteiger charge is -2.33. The van der Waals surface area contributed by atoms with Gasteiger partial charge < -0.3 is 14.4 Å². The van der Waals surface area contributed by atoms with Gasteiger partial charge in [-0.25, -0.2) is 9.78 Å². The number of cyclic esters (lactones) is 1. The monoisotopic (exact) mass is 516 g/mol. The minimum absolute atomic E-state index is 0.00877. The van der Waals surface area contributed by atoms with E-state index in [1.165, 1.54) is 0 Å². The molecule has 0 spiro atoms. The van der Waals surface area contributed by atoms with E-state index < -0.39 is 0 Å². The van der Waals surface area contributed by atoms with E-state index in [1.807, 2.05) is 49.4 Å². The van der Waals surface area contributed by atoms with E-state index in [0.29, 0.717) is 60.0 Å². The highest BCUT2D eigenvalue weighted by molar-refractivity contribution is 6.30. The molecule has 8 nitrogen and oxygen atoms in total. The van der Waals surface area contributed by atoms with Crippen LogP contribution < -0.4 is 10.3 Å². The maximum atomic E-state index is 13.7. The minimum Gasteiger partial charge on any atom is -0.490 e. The molecule has 0 N–H and O–H groups in total. The highest BCUT2D eigenvalue weighted by Crippen LogP contribution is 2.35. The molecule has 0 saturated carbocycles. The van der Waals surface area contributed by atoms with Gasteiger partial charge in [0.15, 0.2) is 0 Å². The van der Waals surface area contributed by atoms with E-state index in [9.17, 15) is 9.59 Å². The predicted octanol–water partition coefficient (Wildman–Crippen LogP) is 4.83. The first-order chi connectivity index (χ1) is 18.0. The van der Waals surface area contributed by atoms with Gasteiger partial charge in [0.05, 0.1) is 23.5 Å². The zero-order valence-corrected chi connectivity index (χ0v) is 21.0. The number of piperidine rings is 1. The number of carbonyl (C=O) groups excluding carboxylic acids is 1. The molecule has 2 aliphatic rings. The van der Waals surface area contributed by atoms with E-state index in [4.69, 9.17) is 26.1 Å². The van der Waals surface area contributed by atoms with Gasteiger partial charge in [0, 0.05) is 47.9 Å². The van der Waals surface area contributed by atoms with Crippen molar-refractivity contribution in [2.24, 2.45) is 0 Å². The fourth-order valence-corrected chi connectivity index (χ4v) is 5.24. The number of benzene rings is 2. The SMILES string of the molecule is Cc1nc2cc(-c3cccnc3)c(O[C@H]3CCN4C(=O)OC[C@@H]4C3)cc2c(=O)n1Cc1ccc(Cl)cc1. The zero-order valence-electron chi connectivity index (χ0n) is 20.3. The number of fused-ring (bicyclic) bond motifs is 2. The van der Waals surface area contributed by atoms with Gasteiger partial charge in [0.2, 0.25) is 0 Å². The van der Waals surface area contributed by atoms with Crippen LogP contribution in [0.3, 0.4) is 0 Å². The van der Waals surface area contributed by atoms with Crippen molar-refractivity contribution in [3.8, 4) is 16.9 Å². The molecule has 188 valence electrons. The van der Waals surface area contributed by atoms with E-state index in [0.717, 1.165) is 16.7 Å². The van der Waals surface area contributed by atoms with Gasteiger partial charge in [-0.05, 0) is 42.8 Å². The van der Waals surface area contributed by atoms with Crippen LogP contribution in [0.1, 0.15) is 24.2 Å². The van der Waals surface area contributed by atoms with Crippen LogP contribution in [-0.4, -0.2) is 50.8 Å². The lowest BCUT2D eigenvalue weighted by molar-refractivity contribution is 0.0941. The molecule has 2 fully saturated rings. The Morgan fingerprint density at radius 3 is 2.78 bits per heavy atom. The number of carbonyl (C=O) groups is 1. The molecule has 9 heteroatoms. The number of hydrogen-bond acceptors (Lipinski definition) is 6. The van der Waals surface area contributed by atoms with Gasteiger partial charge in [-0.1, -0.05) is 29.8 Å². The highest BCUT2D eigenvalue weighted by Gasteiger charge is 2.39. The van der Waals surface area contributed by atoms with Gasteiger partial charge in [-0.2, -0.15) is 0 Å². The first-order valence-corrected chi connectivity index (χ1v) is 12.6. The Bertz CT molecular complexity index is 1540. The molecule has 2 saturated heterocycles. The summed E-state index contributed by atoms with van der Waals surface area (Å²) in [5.74, 6) is 1.22. The Kier molecular flexibility index (Phi) is 6.04. The molecule has 2 atom stereocenters. The molecule has 0 bridgehead atoms. The number of pyridine rings is 1. The molecule has 2 aliphatic heterocycles. The molecule has 2 aromatic carbocycles. The third kappa shape index (κ3) is 4.53.